The fourth-order valence-corrected chi connectivity index (χ4v) is 3.38. The number of hydrogen-bond acceptors (Lipinski definition) is 5. The van der Waals surface area contributed by atoms with E-state index < -0.39 is 11.8 Å². The Kier molecular flexibility index (Phi) is 8.60. The number of para-hydroxylation sites is 1. The molecule has 0 aliphatic heterocycles. The maximum Gasteiger partial charge on any atom is 0.259 e. The quantitative estimate of drug-likeness (QED) is 0.333. The predicted molar refractivity (Wildman–Crippen MR) is 131 cm³/mol. The van der Waals surface area contributed by atoms with Crippen LogP contribution in [0.4, 0.5) is 0 Å². The molecule has 0 fully saturated rings. The zero-order valence-electron chi connectivity index (χ0n) is 18.3. The van der Waals surface area contributed by atoms with Crippen molar-refractivity contribution in [1.29, 1.82) is 0 Å². The predicted octanol–water partition coefficient (Wildman–Crippen LogP) is 4.23. The number of ether oxygens (including phenoxy) is 2. The molecular weight excluding hydrogens is 486 g/mol. The first kappa shape index (κ1) is 24.0. The number of halogens is 1. The SMILES string of the molecule is COc1ccccc1C(=O)NCC(=O)NN=Cc1ccc(OCc2ccc(C)cc2)c(Br)c1. The van der Waals surface area contributed by atoms with Gasteiger partial charge in [0.1, 0.15) is 18.1 Å². The molecule has 0 aromatic heterocycles. The summed E-state index contributed by atoms with van der Waals surface area (Å²) in [6.45, 7) is 2.29. The molecule has 0 saturated carbocycles. The topological polar surface area (TPSA) is 89.0 Å². The largest absolute Gasteiger partial charge is 0.496 e. The molecule has 0 bridgehead atoms. The Morgan fingerprint density at radius 2 is 1.79 bits per heavy atom. The van der Waals surface area contributed by atoms with Gasteiger partial charge in [0.05, 0.1) is 29.9 Å². The van der Waals surface area contributed by atoms with Crippen LogP contribution < -0.4 is 20.2 Å². The van der Waals surface area contributed by atoms with Crippen LogP contribution in [0.15, 0.2) is 76.3 Å². The average molecular weight is 510 g/mol. The lowest BCUT2D eigenvalue weighted by Crippen LogP contribution is -2.35. The van der Waals surface area contributed by atoms with E-state index in [1.165, 1.54) is 18.9 Å². The number of amides is 2. The molecule has 2 N–H and O–H groups in total. The van der Waals surface area contributed by atoms with Crippen LogP contribution in [0.2, 0.25) is 0 Å². The molecule has 0 saturated heterocycles. The van der Waals surface area contributed by atoms with Crippen molar-refractivity contribution in [2.75, 3.05) is 13.7 Å². The van der Waals surface area contributed by atoms with E-state index in [0.29, 0.717) is 23.7 Å². The van der Waals surface area contributed by atoms with E-state index in [1.807, 2.05) is 49.4 Å². The van der Waals surface area contributed by atoms with E-state index in [2.05, 4.69) is 31.8 Å². The number of rotatable bonds is 9. The van der Waals surface area contributed by atoms with Crippen molar-refractivity contribution in [3.05, 3.63) is 93.5 Å². The number of hydrogen-bond donors (Lipinski definition) is 2. The third-order valence-corrected chi connectivity index (χ3v) is 5.25. The molecule has 0 spiro atoms. The van der Waals surface area contributed by atoms with Crippen molar-refractivity contribution in [3.8, 4) is 11.5 Å². The minimum absolute atomic E-state index is 0.219. The Labute approximate surface area is 200 Å². The molecule has 3 aromatic rings. The summed E-state index contributed by atoms with van der Waals surface area (Å²) >= 11 is 3.50. The number of nitrogens with one attached hydrogen (secondary N) is 2. The van der Waals surface area contributed by atoms with E-state index in [-0.39, 0.29) is 6.54 Å². The Bertz CT molecular complexity index is 1150. The van der Waals surface area contributed by atoms with Crippen molar-refractivity contribution in [3.63, 3.8) is 0 Å². The highest BCUT2D eigenvalue weighted by atomic mass is 79.9. The van der Waals surface area contributed by atoms with Crippen LogP contribution in [0.5, 0.6) is 11.5 Å². The number of hydrazone groups is 1. The zero-order valence-corrected chi connectivity index (χ0v) is 19.9. The van der Waals surface area contributed by atoms with Gasteiger partial charge in [0.2, 0.25) is 0 Å². The summed E-state index contributed by atoms with van der Waals surface area (Å²) in [5.74, 6) is 0.282. The highest BCUT2D eigenvalue weighted by molar-refractivity contribution is 9.10. The maximum atomic E-state index is 12.2. The molecule has 0 aliphatic carbocycles. The minimum atomic E-state index is -0.452. The Hall–Kier alpha value is -3.65. The summed E-state index contributed by atoms with van der Waals surface area (Å²) in [4.78, 5) is 24.2. The molecule has 170 valence electrons. The van der Waals surface area contributed by atoms with Crippen molar-refractivity contribution < 1.29 is 19.1 Å². The zero-order chi connectivity index (χ0) is 23.6. The normalized spacial score (nSPS) is 10.6. The summed E-state index contributed by atoms with van der Waals surface area (Å²) in [6, 6.07) is 20.4. The number of benzene rings is 3. The van der Waals surface area contributed by atoms with E-state index in [9.17, 15) is 9.59 Å². The lowest BCUT2D eigenvalue weighted by atomic mass is 10.2. The van der Waals surface area contributed by atoms with Crippen LogP contribution in [-0.4, -0.2) is 31.7 Å². The Balaban J connectivity index is 1.47. The number of methoxy groups -OCH3 is 1. The van der Waals surface area contributed by atoms with Crippen LogP contribution in [-0.2, 0) is 11.4 Å². The van der Waals surface area contributed by atoms with Crippen LogP contribution in [0.25, 0.3) is 0 Å². The monoisotopic (exact) mass is 509 g/mol. The molecule has 2 amide bonds. The van der Waals surface area contributed by atoms with Gasteiger partial charge in [-0.2, -0.15) is 5.10 Å². The average Bonchev–Trinajstić information content (AvgIpc) is 2.83. The van der Waals surface area contributed by atoms with Gasteiger partial charge in [0, 0.05) is 0 Å². The van der Waals surface area contributed by atoms with E-state index in [1.54, 1.807) is 24.3 Å². The molecule has 8 heteroatoms. The summed E-state index contributed by atoms with van der Waals surface area (Å²) in [5, 5.41) is 6.48. The summed E-state index contributed by atoms with van der Waals surface area (Å²) in [6.07, 6.45) is 1.51. The van der Waals surface area contributed by atoms with Crippen molar-refractivity contribution in [2.24, 2.45) is 5.10 Å². The third-order valence-electron chi connectivity index (χ3n) is 4.63. The molecule has 0 heterocycles. The lowest BCUT2D eigenvalue weighted by molar-refractivity contribution is -0.120. The van der Waals surface area contributed by atoms with Gasteiger partial charge in [0.15, 0.2) is 0 Å². The lowest BCUT2D eigenvalue weighted by Gasteiger charge is -2.09. The number of nitrogens with zero attached hydrogens (tertiary/aromatic N) is 1. The minimum Gasteiger partial charge on any atom is -0.496 e. The molecule has 0 aliphatic rings. The molecule has 3 rings (SSSR count). The Morgan fingerprint density at radius 1 is 1.03 bits per heavy atom. The first-order chi connectivity index (χ1) is 16.0. The first-order valence-corrected chi connectivity index (χ1v) is 11.0. The van der Waals surface area contributed by atoms with Gasteiger partial charge in [-0.15, -0.1) is 0 Å². The summed E-state index contributed by atoms with van der Waals surface area (Å²) in [5.41, 5.74) is 5.79. The van der Waals surface area contributed by atoms with Gasteiger partial charge in [0.25, 0.3) is 11.8 Å². The fourth-order valence-electron chi connectivity index (χ4n) is 2.87. The summed E-state index contributed by atoms with van der Waals surface area (Å²) in [7, 11) is 1.48. The smallest absolute Gasteiger partial charge is 0.259 e. The van der Waals surface area contributed by atoms with Crippen LogP contribution in [0.1, 0.15) is 27.0 Å². The molecule has 3 aromatic carbocycles. The van der Waals surface area contributed by atoms with Gasteiger partial charge in [-0.25, -0.2) is 5.43 Å². The second-order valence-electron chi connectivity index (χ2n) is 7.14. The fraction of sp³-hybridized carbons (Fsp3) is 0.160. The number of carbonyl (C=O) groups excluding carboxylic acids is 2. The van der Waals surface area contributed by atoms with Gasteiger partial charge >= 0.3 is 0 Å². The second-order valence-corrected chi connectivity index (χ2v) is 7.99. The molecular formula is C25H24BrN3O4. The number of carbonyl (C=O) groups is 2. The first-order valence-electron chi connectivity index (χ1n) is 10.2. The molecule has 0 radical (unpaired) electrons. The van der Waals surface area contributed by atoms with Crippen LogP contribution >= 0.6 is 15.9 Å². The van der Waals surface area contributed by atoms with Crippen LogP contribution in [0.3, 0.4) is 0 Å². The molecule has 0 unspecified atom stereocenters. The van der Waals surface area contributed by atoms with Gasteiger partial charge in [-0.3, -0.25) is 9.59 Å². The van der Waals surface area contributed by atoms with Gasteiger partial charge in [-0.1, -0.05) is 42.0 Å². The maximum absolute atomic E-state index is 12.2. The highest BCUT2D eigenvalue weighted by Crippen LogP contribution is 2.26. The van der Waals surface area contributed by atoms with Crippen molar-refractivity contribution in [2.45, 2.75) is 13.5 Å². The van der Waals surface area contributed by atoms with Crippen molar-refractivity contribution >= 4 is 34.0 Å². The summed E-state index contributed by atoms with van der Waals surface area (Å²) < 4.78 is 11.8. The Morgan fingerprint density at radius 3 is 2.52 bits per heavy atom. The number of aryl methyl sites for hydroxylation is 1. The van der Waals surface area contributed by atoms with Gasteiger partial charge < -0.3 is 14.8 Å². The molecule has 7 nitrogen and oxygen atoms in total. The van der Waals surface area contributed by atoms with E-state index in [4.69, 9.17) is 9.47 Å². The van der Waals surface area contributed by atoms with E-state index >= 15 is 0 Å². The highest BCUT2D eigenvalue weighted by Gasteiger charge is 2.12. The molecule has 33 heavy (non-hydrogen) atoms. The second kappa shape index (κ2) is 11.8. The van der Waals surface area contributed by atoms with Gasteiger partial charge in [-0.05, 0) is 64.3 Å². The third kappa shape index (κ3) is 7.18. The van der Waals surface area contributed by atoms with E-state index in [0.717, 1.165) is 15.6 Å². The van der Waals surface area contributed by atoms with Crippen molar-refractivity contribution in [1.82, 2.24) is 10.7 Å². The molecule has 0 atom stereocenters. The van der Waals surface area contributed by atoms with Crippen LogP contribution in [0, 0.1) is 6.92 Å². The standard InChI is InChI=1S/C25H24BrN3O4/c1-17-7-9-18(10-8-17)16-33-23-12-11-19(13-21(23)26)14-28-29-24(30)15-27-25(31)20-5-3-4-6-22(20)32-2/h3-14H,15-16H2,1-2H3,(H,27,31)(H,29,30).